The summed E-state index contributed by atoms with van der Waals surface area (Å²) in [4.78, 5) is 12.1. The van der Waals surface area contributed by atoms with Gasteiger partial charge in [-0.15, -0.1) is 0 Å². The molecular formula is C25H34O2. The first-order valence-electron chi connectivity index (χ1n) is 10.7. The van der Waals surface area contributed by atoms with Crippen LogP contribution in [0.3, 0.4) is 0 Å². The van der Waals surface area contributed by atoms with Gasteiger partial charge < -0.3 is 4.74 Å². The zero-order valence-electron chi connectivity index (χ0n) is 17.9. The average Bonchev–Trinajstić information content (AvgIpc) is 3.22. The van der Waals surface area contributed by atoms with Gasteiger partial charge in [-0.05, 0) is 85.0 Å². The summed E-state index contributed by atoms with van der Waals surface area (Å²) in [6.45, 7) is 14.2. The Morgan fingerprint density at radius 2 is 1.74 bits per heavy atom. The largest absolute Gasteiger partial charge is 0.463 e. The van der Waals surface area contributed by atoms with Crippen molar-refractivity contribution in [3.63, 3.8) is 0 Å². The molecule has 0 heterocycles. The molecule has 0 radical (unpaired) electrons. The fourth-order valence-corrected chi connectivity index (χ4v) is 5.86. The second-order valence-electron chi connectivity index (χ2n) is 10.3. The molecule has 2 saturated carbocycles. The number of esters is 1. The van der Waals surface area contributed by atoms with Gasteiger partial charge in [-0.2, -0.15) is 0 Å². The van der Waals surface area contributed by atoms with E-state index >= 15 is 0 Å². The van der Waals surface area contributed by atoms with Crippen LogP contribution in [0.15, 0.2) is 23.8 Å². The summed E-state index contributed by atoms with van der Waals surface area (Å²) in [5.74, 6) is 0.533. The predicted molar refractivity (Wildman–Crippen MR) is 110 cm³/mol. The molecule has 1 aromatic carbocycles. The highest BCUT2D eigenvalue weighted by Crippen LogP contribution is 2.68. The van der Waals surface area contributed by atoms with Gasteiger partial charge in [-0.3, -0.25) is 0 Å². The normalized spacial score (nSPS) is 31.3. The van der Waals surface area contributed by atoms with Crippen LogP contribution < -0.4 is 0 Å². The van der Waals surface area contributed by atoms with Crippen molar-refractivity contribution in [2.45, 2.75) is 89.9 Å². The van der Waals surface area contributed by atoms with Crippen LogP contribution in [0.2, 0.25) is 0 Å². The first-order chi connectivity index (χ1) is 12.6. The van der Waals surface area contributed by atoms with Gasteiger partial charge in [-0.25, -0.2) is 4.79 Å². The minimum absolute atomic E-state index is 0.101. The van der Waals surface area contributed by atoms with E-state index in [-0.39, 0.29) is 22.2 Å². The van der Waals surface area contributed by atoms with E-state index in [2.05, 4.69) is 46.8 Å². The number of benzene rings is 1. The van der Waals surface area contributed by atoms with Crippen LogP contribution in [0.5, 0.6) is 0 Å². The smallest absolute Gasteiger partial charge is 0.330 e. The van der Waals surface area contributed by atoms with Crippen LogP contribution in [0.1, 0.15) is 89.0 Å². The van der Waals surface area contributed by atoms with Crippen molar-refractivity contribution >= 4 is 5.97 Å². The molecule has 0 N–H and O–H groups in total. The summed E-state index contributed by atoms with van der Waals surface area (Å²) < 4.78 is 5.22. The fraction of sp³-hybridized carbons (Fsp3) is 0.640. The fourth-order valence-electron chi connectivity index (χ4n) is 5.86. The van der Waals surface area contributed by atoms with E-state index in [4.69, 9.17) is 4.74 Å². The molecule has 2 nitrogen and oxygen atoms in total. The molecule has 3 aliphatic carbocycles. The molecule has 0 aliphatic heterocycles. The molecule has 0 saturated heterocycles. The Morgan fingerprint density at radius 3 is 2.33 bits per heavy atom. The number of carbonyl (C=O) groups is 1. The molecular weight excluding hydrogens is 332 g/mol. The van der Waals surface area contributed by atoms with Gasteiger partial charge in [0.15, 0.2) is 0 Å². The van der Waals surface area contributed by atoms with Gasteiger partial charge >= 0.3 is 5.97 Å². The molecule has 27 heavy (non-hydrogen) atoms. The van der Waals surface area contributed by atoms with Crippen molar-refractivity contribution in [2.75, 3.05) is 6.61 Å². The van der Waals surface area contributed by atoms with Crippen LogP contribution in [0.25, 0.3) is 0 Å². The molecule has 1 aromatic rings. The first-order valence-corrected chi connectivity index (χ1v) is 10.7. The number of fused-ring (bicyclic) bond motifs is 2. The second-order valence-corrected chi connectivity index (χ2v) is 10.3. The molecule has 0 spiro atoms. The van der Waals surface area contributed by atoms with E-state index in [1.54, 1.807) is 0 Å². The minimum Gasteiger partial charge on any atom is -0.463 e. The zero-order chi connectivity index (χ0) is 19.6. The molecule has 3 aliphatic rings. The minimum atomic E-state index is -0.170. The van der Waals surface area contributed by atoms with Gasteiger partial charge in [-0.1, -0.05) is 45.4 Å². The van der Waals surface area contributed by atoms with E-state index in [9.17, 15) is 4.79 Å². The zero-order valence-corrected chi connectivity index (χ0v) is 17.9. The monoisotopic (exact) mass is 366 g/mol. The van der Waals surface area contributed by atoms with Crippen molar-refractivity contribution in [1.29, 1.82) is 0 Å². The topological polar surface area (TPSA) is 26.3 Å². The third-order valence-electron chi connectivity index (χ3n) is 7.70. The van der Waals surface area contributed by atoms with Gasteiger partial charge in [0.2, 0.25) is 0 Å². The highest BCUT2D eigenvalue weighted by Gasteiger charge is 2.61. The molecule has 0 amide bonds. The lowest BCUT2D eigenvalue weighted by Crippen LogP contribution is -2.34. The Balaban J connectivity index is 1.83. The first kappa shape index (κ1) is 18.8. The maximum absolute atomic E-state index is 12.1. The van der Waals surface area contributed by atoms with E-state index in [1.807, 2.05) is 13.0 Å². The standard InChI is InChI=1S/C25H34O2/c1-7-27-22(26)13-17-8-9-18-15-25(17,18)19-14-21-20(12-16(19)2)23(3,4)10-11-24(21,5)6/h12-14,18H,7-11,15H2,1-6H3/b17-13-. The van der Waals surface area contributed by atoms with Crippen LogP contribution in [0, 0.1) is 12.8 Å². The summed E-state index contributed by atoms with van der Waals surface area (Å²) in [5, 5.41) is 0. The number of rotatable bonds is 3. The van der Waals surface area contributed by atoms with Crippen molar-refractivity contribution in [3.8, 4) is 0 Å². The highest BCUT2D eigenvalue weighted by atomic mass is 16.5. The Kier molecular flexibility index (Phi) is 4.15. The lowest BCUT2D eigenvalue weighted by Gasteiger charge is -2.43. The number of hydrogen-bond acceptors (Lipinski definition) is 2. The van der Waals surface area contributed by atoms with E-state index in [0.29, 0.717) is 12.5 Å². The molecule has 0 aromatic heterocycles. The maximum Gasteiger partial charge on any atom is 0.330 e. The number of carbonyl (C=O) groups excluding carboxylic acids is 1. The second kappa shape index (κ2) is 5.96. The predicted octanol–water partition coefficient (Wildman–Crippen LogP) is 5.89. The Hall–Kier alpha value is -1.57. The highest BCUT2D eigenvalue weighted by molar-refractivity contribution is 5.84. The summed E-state index contributed by atoms with van der Waals surface area (Å²) >= 11 is 0. The van der Waals surface area contributed by atoms with E-state index in [0.717, 1.165) is 6.42 Å². The maximum atomic E-state index is 12.1. The average molecular weight is 367 g/mol. The van der Waals surface area contributed by atoms with Crippen molar-refractivity contribution < 1.29 is 9.53 Å². The molecule has 2 heteroatoms. The summed E-state index contributed by atoms with van der Waals surface area (Å²) in [7, 11) is 0. The molecule has 2 unspecified atom stereocenters. The molecule has 0 bridgehead atoms. The van der Waals surface area contributed by atoms with Crippen molar-refractivity contribution in [2.24, 2.45) is 5.92 Å². The van der Waals surface area contributed by atoms with E-state index in [1.165, 1.54) is 53.5 Å². The quantitative estimate of drug-likeness (QED) is 0.493. The number of hydrogen-bond donors (Lipinski definition) is 0. The Bertz CT molecular complexity index is 827. The summed E-state index contributed by atoms with van der Waals surface area (Å²) in [6, 6.07) is 4.99. The van der Waals surface area contributed by atoms with Crippen molar-refractivity contribution in [3.05, 3.63) is 46.0 Å². The van der Waals surface area contributed by atoms with Gasteiger partial charge in [0, 0.05) is 11.5 Å². The molecule has 146 valence electrons. The van der Waals surface area contributed by atoms with Gasteiger partial charge in [0.1, 0.15) is 0 Å². The van der Waals surface area contributed by atoms with Gasteiger partial charge in [0.25, 0.3) is 0 Å². The van der Waals surface area contributed by atoms with Crippen LogP contribution >= 0.6 is 0 Å². The Morgan fingerprint density at radius 1 is 1.11 bits per heavy atom. The number of ether oxygens (including phenoxy) is 1. The third-order valence-corrected chi connectivity index (χ3v) is 7.70. The van der Waals surface area contributed by atoms with E-state index < -0.39 is 0 Å². The molecule has 2 atom stereocenters. The van der Waals surface area contributed by atoms with Crippen LogP contribution in [0.4, 0.5) is 0 Å². The van der Waals surface area contributed by atoms with Crippen LogP contribution in [-0.2, 0) is 25.8 Å². The lowest BCUT2D eigenvalue weighted by molar-refractivity contribution is -0.137. The molecule has 2 fully saturated rings. The summed E-state index contributed by atoms with van der Waals surface area (Å²) in [5.41, 5.74) is 7.81. The SMILES string of the molecule is CCOC(=O)/C=C1/CCC2CC12c1cc2c(cc1C)C(C)(C)CCC2(C)C. The van der Waals surface area contributed by atoms with Crippen LogP contribution in [-0.4, -0.2) is 12.6 Å². The Labute approximate surface area is 164 Å². The third kappa shape index (κ3) is 2.79. The molecule has 4 rings (SSSR count). The number of aryl methyl sites for hydroxylation is 1. The number of allylic oxidation sites excluding steroid dienone is 1. The summed E-state index contributed by atoms with van der Waals surface area (Å²) in [6.07, 6.45) is 7.72. The van der Waals surface area contributed by atoms with Gasteiger partial charge in [0.05, 0.1) is 6.61 Å². The lowest BCUT2D eigenvalue weighted by atomic mass is 9.62. The van der Waals surface area contributed by atoms with Crippen molar-refractivity contribution in [1.82, 2.24) is 0 Å².